The molecule has 6 amide bonds. The van der Waals surface area contributed by atoms with Crippen LogP contribution in [-0.2, 0) is 54.3 Å². The van der Waals surface area contributed by atoms with Crippen LogP contribution in [0.2, 0.25) is 0 Å². The van der Waals surface area contributed by atoms with Crippen molar-refractivity contribution in [3.63, 3.8) is 0 Å². The van der Waals surface area contributed by atoms with Crippen LogP contribution in [0.25, 0.3) is 27.6 Å². The molecule has 0 aliphatic carbocycles. The van der Waals surface area contributed by atoms with E-state index in [2.05, 4.69) is 50.3 Å². The van der Waals surface area contributed by atoms with Crippen LogP contribution in [0.4, 0.5) is 0 Å². The highest BCUT2D eigenvalue weighted by Crippen LogP contribution is 2.28. The molecule has 4 aromatic rings. The molecule has 4 aromatic carbocycles. The SMILES string of the molecule is CC(C)[C@@H]1NC(=O)C/C=C/c2ccc3ccc(cc3c2)[C@@H](C)OC(=O)[C@@H]2CCCN(N2)C(=O)[C@H](C)NC1=O.CC(C)[C@@H]1NC(=O)CCCc2ccc3ccc(cc3c2)[C@@H](C)OC(=O)[C@@H]2CCCN(N2)C(=O)[C@H](C)NC1=O.CCO. The Morgan fingerprint density at radius 1 is 0.557 bits per heavy atom. The molecule has 2 saturated heterocycles. The summed E-state index contributed by atoms with van der Waals surface area (Å²) < 4.78 is 11.6. The summed E-state index contributed by atoms with van der Waals surface area (Å²) in [5, 5.41) is 25.6. The number of hydrazine groups is 2. The number of hydrogen-bond donors (Lipinski definition) is 7. The Hall–Kier alpha value is -7.22. The molecule has 0 radical (unpaired) electrons. The second-order valence-electron chi connectivity index (χ2n) is 21.4. The van der Waals surface area contributed by atoms with Crippen LogP contribution in [0.15, 0.2) is 78.9 Å². The molecule has 0 spiro atoms. The van der Waals surface area contributed by atoms with Gasteiger partial charge in [-0.2, -0.15) is 0 Å². The summed E-state index contributed by atoms with van der Waals surface area (Å²) in [5.74, 6) is -3.25. The fraction of sp³-hybridized carbons (Fsp3) is 0.500. The van der Waals surface area contributed by atoms with E-state index in [0.717, 1.165) is 43.8 Å². The largest absolute Gasteiger partial charge is 0.457 e. The monoisotopic (exact) mass is 1090 g/mol. The molecule has 0 saturated carbocycles. The van der Waals surface area contributed by atoms with E-state index in [4.69, 9.17) is 14.6 Å². The first-order chi connectivity index (χ1) is 37.6. The number of aryl methyl sites for hydroxylation is 1. The smallest absolute Gasteiger partial charge is 0.325 e. The van der Waals surface area contributed by atoms with E-state index in [1.54, 1.807) is 26.8 Å². The maximum absolute atomic E-state index is 13.1. The van der Waals surface area contributed by atoms with Crippen molar-refractivity contribution in [2.24, 2.45) is 11.8 Å². The molecular formula is C60H80N8O11. The first kappa shape index (κ1) is 61.0. The van der Waals surface area contributed by atoms with Crippen LogP contribution in [-0.4, -0.2) is 118 Å². The lowest BCUT2D eigenvalue weighted by Gasteiger charge is -2.35. The maximum Gasteiger partial charge on any atom is 0.325 e. The van der Waals surface area contributed by atoms with Gasteiger partial charge in [0, 0.05) is 32.5 Å². The average Bonchev–Trinajstić information content (AvgIpc) is 3.42. The summed E-state index contributed by atoms with van der Waals surface area (Å²) in [7, 11) is 0. The molecule has 0 aromatic heterocycles. The number of carbonyl (C=O) groups is 8. The van der Waals surface area contributed by atoms with Gasteiger partial charge in [-0.25, -0.2) is 10.9 Å². The summed E-state index contributed by atoms with van der Waals surface area (Å²) in [4.78, 5) is 104. The minimum atomic E-state index is -0.853. The molecule has 2 fully saturated rings. The predicted molar refractivity (Wildman–Crippen MR) is 301 cm³/mol. The second-order valence-corrected chi connectivity index (χ2v) is 21.4. The second kappa shape index (κ2) is 28.6. The molecule has 8 atom stereocenters. The lowest BCUT2D eigenvalue weighted by atomic mass is 9.99. The number of nitrogens with one attached hydrogen (secondary N) is 6. The number of carbonyl (C=O) groups excluding carboxylic acids is 8. The Kier molecular flexibility index (Phi) is 22.1. The zero-order valence-electron chi connectivity index (χ0n) is 47.1. The molecule has 0 unspecified atom stereocenters. The highest BCUT2D eigenvalue weighted by atomic mass is 16.5. The molecular weight excluding hydrogens is 1010 g/mol. The van der Waals surface area contributed by atoms with E-state index >= 15 is 0 Å². The lowest BCUT2D eigenvalue weighted by molar-refractivity contribution is -0.158. The van der Waals surface area contributed by atoms with Crippen molar-refractivity contribution in [3.8, 4) is 0 Å². The normalized spacial score (nSPS) is 25.6. The number of esters is 2. The number of fused-ring (bicyclic) bond motifs is 8. The van der Waals surface area contributed by atoms with Gasteiger partial charge in [-0.3, -0.25) is 48.4 Å². The molecule has 4 aliphatic rings. The van der Waals surface area contributed by atoms with Gasteiger partial charge in [-0.15, -0.1) is 0 Å². The maximum atomic E-state index is 13.1. The summed E-state index contributed by atoms with van der Waals surface area (Å²) in [6.07, 6.45) is 6.72. The topological polar surface area (TPSA) is 254 Å². The zero-order chi connectivity index (χ0) is 57.5. The fourth-order valence-electron chi connectivity index (χ4n) is 9.74. The van der Waals surface area contributed by atoms with Crippen LogP contribution in [0, 0.1) is 11.8 Å². The predicted octanol–water partition coefficient (Wildman–Crippen LogP) is 5.92. The number of hydrogen-bond acceptors (Lipinski definition) is 13. The fourth-order valence-corrected chi connectivity index (χ4v) is 9.74. The van der Waals surface area contributed by atoms with Crippen molar-refractivity contribution in [1.82, 2.24) is 42.1 Å². The number of cyclic esters (lactones) is 2. The third-order valence-electron chi connectivity index (χ3n) is 14.3. The van der Waals surface area contributed by atoms with E-state index in [1.807, 2.05) is 102 Å². The van der Waals surface area contributed by atoms with Gasteiger partial charge in [0.25, 0.3) is 11.8 Å². The van der Waals surface area contributed by atoms with Crippen molar-refractivity contribution in [2.45, 2.75) is 162 Å². The third kappa shape index (κ3) is 16.9. The Morgan fingerprint density at radius 3 is 1.51 bits per heavy atom. The zero-order valence-corrected chi connectivity index (χ0v) is 47.1. The standard InChI is InChI=1S/C29H38N4O5.C29H36N4O5.C2H6O/c2*1-17(2)26-27(35)30-18(3)28(36)33-14-6-8-24(32-33)29(37)38-19(4)22-13-12-21-11-10-20(15-23(21)16-22)7-5-9-25(34)31-26;1-2-3/h10-13,15-19,24,26,32H,5-9,14H2,1-4H3,(H,30,35)(H,31,34);5,7,10-13,15-19,24,26,32H,6,8-9,14H2,1-4H3,(H,30,35)(H,31,34);3H,2H2,1H3/b;7-5+;/t2*18-,19+,24-,26-;/m00./s1. The molecule has 426 valence electrons. The molecule has 19 nitrogen and oxygen atoms in total. The number of rotatable bonds is 2. The van der Waals surface area contributed by atoms with Gasteiger partial charge in [-0.1, -0.05) is 94.4 Å². The average molecular weight is 1090 g/mol. The van der Waals surface area contributed by atoms with Crippen LogP contribution in [0.3, 0.4) is 0 Å². The summed E-state index contributed by atoms with van der Waals surface area (Å²) >= 11 is 0. The number of benzene rings is 4. The quantitative estimate of drug-likeness (QED) is 0.115. The van der Waals surface area contributed by atoms with Crippen molar-refractivity contribution >= 4 is 75.0 Å². The minimum absolute atomic E-state index is 0.106. The summed E-state index contributed by atoms with van der Waals surface area (Å²) in [5.41, 5.74) is 9.75. The molecule has 4 aliphatic heterocycles. The van der Waals surface area contributed by atoms with E-state index in [0.29, 0.717) is 51.6 Å². The molecule has 19 heteroatoms. The van der Waals surface area contributed by atoms with Crippen LogP contribution in [0.1, 0.15) is 142 Å². The Balaban J connectivity index is 0.000000243. The molecule has 4 heterocycles. The molecule has 79 heavy (non-hydrogen) atoms. The van der Waals surface area contributed by atoms with Gasteiger partial charge in [0.05, 0.1) is 0 Å². The van der Waals surface area contributed by atoms with Gasteiger partial charge in [0.1, 0.15) is 48.5 Å². The number of ether oxygens (including phenoxy) is 2. The van der Waals surface area contributed by atoms with E-state index in [-0.39, 0.29) is 54.9 Å². The molecule has 8 rings (SSSR count). The third-order valence-corrected chi connectivity index (χ3v) is 14.3. The first-order valence-electron chi connectivity index (χ1n) is 27.7. The van der Waals surface area contributed by atoms with Crippen molar-refractivity contribution in [1.29, 1.82) is 0 Å². The van der Waals surface area contributed by atoms with Gasteiger partial charge < -0.3 is 35.8 Å². The Morgan fingerprint density at radius 2 is 1.01 bits per heavy atom. The Bertz CT molecular complexity index is 2870. The van der Waals surface area contributed by atoms with Crippen LogP contribution in [0.5, 0.6) is 0 Å². The van der Waals surface area contributed by atoms with Crippen LogP contribution >= 0.6 is 0 Å². The van der Waals surface area contributed by atoms with Crippen LogP contribution < -0.4 is 32.1 Å². The van der Waals surface area contributed by atoms with E-state index in [1.165, 1.54) is 10.0 Å². The van der Waals surface area contributed by atoms with Gasteiger partial charge in [0.2, 0.25) is 23.6 Å². The number of nitrogens with zero attached hydrogens (tertiary/aromatic N) is 2. The van der Waals surface area contributed by atoms with Crippen molar-refractivity contribution < 1.29 is 52.9 Å². The van der Waals surface area contributed by atoms with E-state index in [9.17, 15) is 38.4 Å². The highest BCUT2D eigenvalue weighted by molar-refractivity contribution is 5.94. The van der Waals surface area contributed by atoms with Crippen molar-refractivity contribution in [3.05, 3.63) is 101 Å². The highest BCUT2D eigenvalue weighted by Gasteiger charge is 2.36. The summed E-state index contributed by atoms with van der Waals surface area (Å²) in [6, 6.07) is 19.5. The number of aliphatic hydroxyl groups excluding tert-OH is 1. The lowest BCUT2D eigenvalue weighted by Crippen LogP contribution is -2.61. The number of amides is 6. The van der Waals surface area contributed by atoms with Gasteiger partial charge in [-0.05, 0) is 147 Å². The molecule has 10 bridgehead atoms. The van der Waals surface area contributed by atoms with E-state index < -0.39 is 72.2 Å². The minimum Gasteiger partial charge on any atom is -0.457 e. The summed E-state index contributed by atoms with van der Waals surface area (Å²) in [6.45, 7) is 17.0. The number of aliphatic hydroxyl groups is 1. The first-order valence-corrected chi connectivity index (χ1v) is 27.7. The van der Waals surface area contributed by atoms with Crippen molar-refractivity contribution in [2.75, 3.05) is 19.7 Å². The van der Waals surface area contributed by atoms with Gasteiger partial charge >= 0.3 is 11.9 Å². The molecule has 7 N–H and O–H groups in total. The van der Waals surface area contributed by atoms with Gasteiger partial charge in [0.15, 0.2) is 0 Å². The Labute approximate surface area is 463 Å².